The largest absolute Gasteiger partial charge is 0.497 e. The Morgan fingerprint density at radius 3 is 2.18 bits per heavy atom. The Morgan fingerprint density at radius 2 is 1.55 bits per heavy atom. The zero-order valence-corrected chi connectivity index (χ0v) is 18.4. The number of esters is 1. The molecule has 3 rings (SSSR count). The fourth-order valence-electron chi connectivity index (χ4n) is 2.58. The molecule has 3 aromatic carbocycles. The summed E-state index contributed by atoms with van der Waals surface area (Å²) >= 11 is 0. The van der Waals surface area contributed by atoms with Gasteiger partial charge in [0, 0.05) is 0 Å². The van der Waals surface area contributed by atoms with Gasteiger partial charge in [-0.05, 0) is 66.2 Å². The average molecular weight is 468 g/mol. The summed E-state index contributed by atoms with van der Waals surface area (Å²) in [4.78, 5) is 24.1. The lowest BCUT2D eigenvalue weighted by Gasteiger charge is -2.06. The van der Waals surface area contributed by atoms with Crippen LogP contribution in [0.4, 0.5) is 0 Å². The number of sulfonamides is 1. The summed E-state index contributed by atoms with van der Waals surface area (Å²) in [5, 5.41) is 3.79. The maximum absolute atomic E-state index is 12.2. The highest BCUT2D eigenvalue weighted by atomic mass is 32.2. The summed E-state index contributed by atoms with van der Waals surface area (Å²) in [6.07, 6.45) is 1.37. The lowest BCUT2D eigenvalue weighted by atomic mass is 10.2. The monoisotopic (exact) mass is 467 g/mol. The number of nitrogens with one attached hydrogen (secondary N) is 2. The highest BCUT2D eigenvalue weighted by Gasteiger charge is 2.14. The molecule has 0 fully saturated rings. The first-order chi connectivity index (χ1) is 15.9. The van der Waals surface area contributed by atoms with Crippen LogP contribution in [0.2, 0.25) is 0 Å². The fraction of sp³-hybridized carbons (Fsp3) is 0.0870. The molecular formula is C23H21N3O6S. The molecule has 3 aromatic rings. The molecular weight excluding hydrogens is 446 g/mol. The first-order valence-corrected chi connectivity index (χ1v) is 11.2. The highest BCUT2D eigenvalue weighted by Crippen LogP contribution is 2.16. The van der Waals surface area contributed by atoms with Gasteiger partial charge in [0.1, 0.15) is 11.5 Å². The van der Waals surface area contributed by atoms with Crippen molar-refractivity contribution in [1.29, 1.82) is 0 Å². The number of methoxy groups -OCH3 is 1. The van der Waals surface area contributed by atoms with E-state index in [-0.39, 0.29) is 4.90 Å². The lowest BCUT2D eigenvalue weighted by Crippen LogP contribution is -2.34. The number of nitrogens with zero attached hydrogens (tertiary/aromatic N) is 1. The van der Waals surface area contributed by atoms with Crippen LogP contribution in [-0.2, 0) is 14.8 Å². The second-order valence-corrected chi connectivity index (χ2v) is 8.38. The predicted octanol–water partition coefficient (Wildman–Crippen LogP) is 2.34. The third-order valence-electron chi connectivity index (χ3n) is 4.30. The summed E-state index contributed by atoms with van der Waals surface area (Å²) in [7, 11) is -2.24. The van der Waals surface area contributed by atoms with Crippen molar-refractivity contribution in [3.05, 3.63) is 90.0 Å². The van der Waals surface area contributed by atoms with Crippen molar-refractivity contribution in [3.63, 3.8) is 0 Å². The molecule has 9 nitrogen and oxygen atoms in total. The predicted molar refractivity (Wildman–Crippen MR) is 122 cm³/mol. The van der Waals surface area contributed by atoms with Gasteiger partial charge in [-0.1, -0.05) is 18.2 Å². The van der Waals surface area contributed by atoms with Crippen molar-refractivity contribution in [3.8, 4) is 11.5 Å². The highest BCUT2D eigenvalue weighted by molar-refractivity contribution is 7.89. The number of hydrogen-bond acceptors (Lipinski definition) is 7. The van der Waals surface area contributed by atoms with Gasteiger partial charge in [0.15, 0.2) is 0 Å². The Balaban J connectivity index is 1.47. The molecule has 0 spiro atoms. The van der Waals surface area contributed by atoms with Gasteiger partial charge in [-0.25, -0.2) is 23.4 Å². The summed E-state index contributed by atoms with van der Waals surface area (Å²) in [5.41, 5.74) is 3.25. The SMILES string of the molecule is COc1ccc(C(=O)Oc2ccc(/C=N/NC(=O)CNS(=O)(=O)c3ccccc3)cc2)cc1. The van der Waals surface area contributed by atoms with Gasteiger partial charge in [-0.15, -0.1) is 0 Å². The number of benzene rings is 3. The molecule has 0 saturated heterocycles. The third-order valence-corrected chi connectivity index (χ3v) is 5.71. The van der Waals surface area contributed by atoms with Gasteiger partial charge in [-0.2, -0.15) is 5.10 Å². The third kappa shape index (κ3) is 6.99. The molecule has 0 saturated carbocycles. The van der Waals surface area contributed by atoms with Crippen molar-refractivity contribution < 1.29 is 27.5 Å². The van der Waals surface area contributed by atoms with E-state index >= 15 is 0 Å². The number of hydrogen-bond donors (Lipinski definition) is 2. The number of amides is 1. The first kappa shape index (κ1) is 23.6. The Labute approximate surface area is 191 Å². The summed E-state index contributed by atoms with van der Waals surface area (Å²) in [6, 6.07) is 20.7. The zero-order valence-electron chi connectivity index (χ0n) is 17.6. The normalized spacial score (nSPS) is 11.2. The van der Waals surface area contributed by atoms with Gasteiger partial charge < -0.3 is 9.47 Å². The van der Waals surface area contributed by atoms with Crippen LogP contribution in [-0.4, -0.2) is 40.2 Å². The number of hydrazone groups is 1. The molecule has 0 atom stereocenters. The van der Waals surface area contributed by atoms with Crippen molar-refractivity contribution in [2.45, 2.75) is 4.90 Å². The molecule has 10 heteroatoms. The molecule has 170 valence electrons. The van der Waals surface area contributed by atoms with Crippen LogP contribution in [0, 0.1) is 0 Å². The van der Waals surface area contributed by atoms with Gasteiger partial charge in [0.25, 0.3) is 5.91 Å². The maximum atomic E-state index is 12.2. The standard InChI is InChI=1S/C23H21N3O6S/c1-31-19-13-9-18(10-14-19)23(28)32-20-11-7-17(8-12-20)15-24-26-22(27)16-25-33(29,30)21-5-3-2-4-6-21/h2-15,25H,16H2,1H3,(H,26,27)/b24-15+. The van der Waals surface area contributed by atoms with E-state index in [2.05, 4.69) is 15.2 Å². The molecule has 0 aliphatic rings. The number of ether oxygens (including phenoxy) is 2. The topological polar surface area (TPSA) is 123 Å². The van der Waals surface area contributed by atoms with E-state index in [1.165, 1.54) is 25.5 Å². The van der Waals surface area contributed by atoms with E-state index in [0.29, 0.717) is 22.6 Å². The number of carbonyl (C=O) groups is 2. The van der Waals surface area contributed by atoms with Crippen molar-refractivity contribution in [2.75, 3.05) is 13.7 Å². The average Bonchev–Trinajstić information content (AvgIpc) is 2.84. The molecule has 0 unspecified atom stereocenters. The Morgan fingerprint density at radius 1 is 0.909 bits per heavy atom. The molecule has 2 N–H and O–H groups in total. The number of carbonyl (C=O) groups excluding carboxylic acids is 2. The molecule has 1 amide bonds. The molecule has 0 bridgehead atoms. The fourth-order valence-corrected chi connectivity index (χ4v) is 3.58. The molecule has 0 aliphatic heterocycles. The molecule has 0 radical (unpaired) electrons. The smallest absolute Gasteiger partial charge is 0.343 e. The molecule has 0 aliphatic carbocycles. The van der Waals surface area contributed by atoms with E-state index < -0.39 is 28.4 Å². The first-order valence-electron chi connectivity index (χ1n) is 9.70. The zero-order chi connectivity index (χ0) is 23.7. The minimum absolute atomic E-state index is 0.0640. The van der Waals surface area contributed by atoms with Gasteiger partial charge in [0.2, 0.25) is 10.0 Å². The van der Waals surface area contributed by atoms with Crippen LogP contribution in [0.3, 0.4) is 0 Å². The van der Waals surface area contributed by atoms with Gasteiger partial charge >= 0.3 is 5.97 Å². The second kappa shape index (κ2) is 11.0. The second-order valence-electron chi connectivity index (χ2n) is 6.62. The van der Waals surface area contributed by atoms with E-state index in [4.69, 9.17) is 9.47 Å². The minimum atomic E-state index is -3.78. The molecule has 0 heterocycles. The molecule has 33 heavy (non-hydrogen) atoms. The summed E-state index contributed by atoms with van der Waals surface area (Å²) < 4.78 is 36.7. The minimum Gasteiger partial charge on any atom is -0.497 e. The van der Waals surface area contributed by atoms with Gasteiger partial charge in [-0.3, -0.25) is 4.79 Å². The Hall–Kier alpha value is -4.02. The lowest BCUT2D eigenvalue weighted by molar-refractivity contribution is -0.119. The van der Waals surface area contributed by atoms with Crippen LogP contribution in [0.1, 0.15) is 15.9 Å². The van der Waals surface area contributed by atoms with E-state index in [1.807, 2.05) is 0 Å². The van der Waals surface area contributed by atoms with Crippen LogP contribution in [0.5, 0.6) is 11.5 Å². The van der Waals surface area contributed by atoms with Crippen molar-refractivity contribution in [1.82, 2.24) is 10.1 Å². The van der Waals surface area contributed by atoms with E-state index in [1.54, 1.807) is 66.7 Å². The quantitative estimate of drug-likeness (QED) is 0.216. The maximum Gasteiger partial charge on any atom is 0.343 e. The van der Waals surface area contributed by atoms with Crippen molar-refractivity contribution >= 4 is 28.1 Å². The van der Waals surface area contributed by atoms with Crippen LogP contribution >= 0.6 is 0 Å². The van der Waals surface area contributed by atoms with Crippen LogP contribution in [0.15, 0.2) is 88.9 Å². The summed E-state index contributed by atoms with van der Waals surface area (Å²) in [5.74, 6) is -0.164. The van der Waals surface area contributed by atoms with Crippen molar-refractivity contribution in [2.24, 2.45) is 5.10 Å². The molecule has 0 aromatic heterocycles. The van der Waals surface area contributed by atoms with Gasteiger partial charge in [0.05, 0.1) is 30.3 Å². The van der Waals surface area contributed by atoms with Crippen LogP contribution < -0.4 is 19.6 Å². The Bertz CT molecular complexity index is 1230. The number of rotatable bonds is 9. The van der Waals surface area contributed by atoms with Crippen LogP contribution in [0.25, 0.3) is 0 Å². The Kier molecular flexibility index (Phi) is 7.90. The van der Waals surface area contributed by atoms with E-state index in [9.17, 15) is 18.0 Å². The van der Waals surface area contributed by atoms with E-state index in [0.717, 1.165) is 0 Å². The summed E-state index contributed by atoms with van der Waals surface area (Å²) in [6.45, 7) is -0.463.